The molecule has 4 nitrogen and oxygen atoms in total. The molecule has 2 aliphatic heterocycles. The van der Waals surface area contributed by atoms with Gasteiger partial charge in [-0.05, 0) is 22.3 Å². The van der Waals surface area contributed by atoms with Crippen molar-refractivity contribution in [3.05, 3.63) is 108 Å². The number of carbonyl (C=O) groups is 2. The van der Waals surface area contributed by atoms with Crippen LogP contribution in [0.25, 0.3) is 22.3 Å². The minimum Gasteiger partial charge on any atom is -0.310 e. The van der Waals surface area contributed by atoms with Crippen LogP contribution < -0.4 is 10.6 Å². The molecule has 2 heterocycles. The Balaban J connectivity index is 1.47. The number of benzene rings is 4. The third kappa shape index (κ3) is 2.86. The molecule has 34 heavy (non-hydrogen) atoms. The topological polar surface area (TPSA) is 68.3 Å². The Labute approximate surface area is 197 Å². The second-order valence-electron chi connectivity index (χ2n) is 8.66. The molecule has 6 heteroatoms. The molecule has 0 radical (unpaired) electrons. The Bertz CT molecular complexity index is 1500. The van der Waals surface area contributed by atoms with Crippen LogP contribution in [0, 0.1) is 0 Å². The van der Waals surface area contributed by atoms with Crippen molar-refractivity contribution in [2.45, 2.75) is 0 Å². The predicted octanol–water partition coefficient (Wildman–Crippen LogP) is 6.01. The molecule has 0 bridgehead atoms. The number of carbonyl (C=O) groups excluding carboxylic acids is 2. The van der Waals surface area contributed by atoms with E-state index in [9.17, 15) is 18.7 Å². The SMILES string of the molecule is O=C1c2ccccc2-c2ccccc2P1(=O)CCP1(=O)C(=O)c2ccccc2-c2ccccc21. The van der Waals surface area contributed by atoms with Gasteiger partial charge in [0, 0.05) is 34.1 Å². The normalized spacial score (nSPS) is 22.4. The zero-order valence-electron chi connectivity index (χ0n) is 18.2. The van der Waals surface area contributed by atoms with Crippen molar-refractivity contribution in [1.82, 2.24) is 0 Å². The number of rotatable bonds is 3. The highest BCUT2D eigenvalue weighted by atomic mass is 31.2. The Morgan fingerprint density at radius 2 is 0.706 bits per heavy atom. The van der Waals surface area contributed by atoms with Crippen LogP contribution in [0.2, 0.25) is 0 Å². The van der Waals surface area contributed by atoms with Crippen LogP contribution in [-0.2, 0) is 9.13 Å². The van der Waals surface area contributed by atoms with Gasteiger partial charge in [0.2, 0.25) is 11.0 Å². The first-order valence-corrected chi connectivity index (χ1v) is 14.9. The van der Waals surface area contributed by atoms with Crippen LogP contribution in [0.5, 0.6) is 0 Å². The van der Waals surface area contributed by atoms with Crippen LogP contribution in [-0.4, -0.2) is 23.4 Å². The maximum absolute atomic E-state index is 14.4. The molecular weight excluding hydrogens is 462 g/mol. The Kier molecular flexibility index (Phi) is 4.74. The second-order valence-corrected chi connectivity index (χ2v) is 14.3. The minimum atomic E-state index is -3.62. The molecule has 0 saturated heterocycles. The molecule has 0 saturated carbocycles. The van der Waals surface area contributed by atoms with Gasteiger partial charge in [0.1, 0.15) is 0 Å². The van der Waals surface area contributed by atoms with E-state index in [1.54, 1.807) is 48.5 Å². The van der Waals surface area contributed by atoms with Crippen LogP contribution in [0.3, 0.4) is 0 Å². The van der Waals surface area contributed by atoms with E-state index in [0.717, 1.165) is 22.3 Å². The van der Waals surface area contributed by atoms with Crippen LogP contribution in [0.1, 0.15) is 20.7 Å². The van der Waals surface area contributed by atoms with Crippen LogP contribution in [0.4, 0.5) is 0 Å². The van der Waals surface area contributed by atoms with E-state index in [4.69, 9.17) is 0 Å². The van der Waals surface area contributed by atoms with Gasteiger partial charge in [-0.1, -0.05) is 97.1 Å². The number of hydrogen-bond acceptors (Lipinski definition) is 4. The first-order valence-electron chi connectivity index (χ1n) is 11.1. The summed E-state index contributed by atoms with van der Waals surface area (Å²) in [7, 11) is -7.24. The zero-order chi connectivity index (χ0) is 23.5. The smallest absolute Gasteiger partial charge is 0.226 e. The highest BCUT2D eigenvalue weighted by Gasteiger charge is 2.46. The van der Waals surface area contributed by atoms with E-state index in [1.165, 1.54) is 0 Å². The maximum Gasteiger partial charge on any atom is 0.226 e. The van der Waals surface area contributed by atoms with E-state index in [-0.39, 0.29) is 12.3 Å². The van der Waals surface area contributed by atoms with Gasteiger partial charge in [-0.15, -0.1) is 0 Å². The summed E-state index contributed by atoms with van der Waals surface area (Å²) in [4.78, 5) is 27.1. The van der Waals surface area contributed by atoms with E-state index in [2.05, 4.69) is 0 Å². The van der Waals surface area contributed by atoms with E-state index in [1.807, 2.05) is 48.5 Å². The maximum atomic E-state index is 14.4. The van der Waals surface area contributed by atoms with Crippen molar-refractivity contribution in [3.63, 3.8) is 0 Å². The van der Waals surface area contributed by atoms with Crippen molar-refractivity contribution in [2.75, 3.05) is 12.3 Å². The first-order chi connectivity index (χ1) is 16.4. The fourth-order valence-corrected chi connectivity index (χ4v) is 11.7. The zero-order valence-corrected chi connectivity index (χ0v) is 20.0. The third-order valence-electron chi connectivity index (χ3n) is 6.87. The van der Waals surface area contributed by atoms with Crippen molar-refractivity contribution in [3.8, 4) is 22.3 Å². The summed E-state index contributed by atoms with van der Waals surface area (Å²) in [5.41, 5.74) is 3.04. The largest absolute Gasteiger partial charge is 0.310 e. The number of hydrogen-bond donors (Lipinski definition) is 0. The van der Waals surface area contributed by atoms with Gasteiger partial charge in [-0.3, -0.25) is 9.59 Å². The summed E-state index contributed by atoms with van der Waals surface area (Å²) in [6.07, 6.45) is -0.229. The van der Waals surface area contributed by atoms with Crippen molar-refractivity contribution in [2.24, 2.45) is 0 Å². The lowest BCUT2D eigenvalue weighted by atomic mass is 10.00. The predicted molar refractivity (Wildman–Crippen MR) is 137 cm³/mol. The highest BCUT2D eigenvalue weighted by molar-refractivity contribution is 7.91. The van der Waals surface area contributed by atoms with Crippen LogP contribution in [0.15, 0.2) is 97.1 Å². The first kappa shape index (κ1) is 21.2. The standard InChI is InChI=1S/C28H20O4P2/c29-27-23-13-3-1-9-19(23)21-11-5-7-15-25(21)33(27,31)17-18-34(32)26-16-8-6-12-22(26)20-10-2-4-14-24(20)28(34)30/h1-16H,17-18H2. The Hall–Kier alpha value is -3.32. The third-order valence-corrected chi connectivity index (χ3v) is 13.1. The fraction of sp³-hybridized carbons (Fsp3) is 0.0714. The average molecular weight is 482 g/mol. The molecule has 0 N–H and O–H groups in total. The summed E-state index contributed by atoms with van der Waals surface area (Å²) < 4.78 is 28.8. The summed E-state index contributed by atoms with van der Waals surface area (Å²) >= 11 is 0. The quantitative estimate of drug-likeness (QED) is 0.336. The molecule has 2 unspecified atom stereocenters. The molecule has 2 atom stereocenters. The lowest BCUT2D eigenvalue weighted by molar-refractivity contribution is 0.106. The molecule has 4 aromatic carbocycles. The summed E-state index contributed by atoms with van der Waals surface area (Å²) in [5.74, 6) is 0. The summed E-state index contributed by atoms with van der Waals surface area (Å²) in [5, 5.41) is 0.979. The van der Waals surface area contributed by atoms with Gasteiger partial charge in [0.05, 0.1) is 0 Å². The van der Waals surface area contributed by atoms with E-state index < -0.39 is 25.3 Å². The van der Waals surface area contributed by atoms with E-state index >= 15 is 0 Å². The van der Waals surface area contributed by atoms with Crippen molar-refractivity contribution >= 4 is 35.9 Å². The van der Waals surface area contributed by atoms with Crippen molar-refractivity contribution < 1.29 is 18.7 Å². The van der Waals surface area contributed by atoms with Gasteiger partial charge >= 0.3 is 0 Å². The van der Waals surface area contributed by atoms with E-state index in [0.29, 0.717) is 21.7 Å². The van der Waals surface area contributed by atoms with Gasteiger partial charge in [-0.2, -0.15) is 0 Å². The molecule has 0 aromatic heterocycles. The van der Waals surface area contributed by atoms with Gasteiger partial charge in [-0.25, -0.2) is 0 Å². The van der Waals surface area contributed by atoms with Crippen molar-refractivity contribution in [1.29, 1.82) is 0 Å². The molecule has 4 aromatic rings. The molecular formula is C28H20O4P2. The minimum absolute atomic E-state index is 0.114. The average Bonchev–Trinajstić information content (AvgIpc) is 2.90. The van der Waals surface area contributed by atoms with Gasteiger partial charge in [0.25, 0.3) is 0 Å². The molecule has 166 valence electrons. The monoisotopic (exact) mass is 482 g/mol. The second kappa shape index (κ2) is 7.60. The van der Waals surface area contributed by atoms with Gasteiger partial charge < -0.3 is 9.13 Å². The molecule has 0 amide bonds. The molecule has 0 spiro atoms. The number of fused-ring (bicyclic) bond motifs is 6. The summed E-state index contributed by atoms with van der Waals surface area (Å²) in [6, 6.07) is 28.8. The lowest BCUT2D eigenvalue weighted by Gasteiger charge is -2.30. The Morgan fingerprint density at radius 1 is 0.412 bits per heavy atom. The van der Waals surface area contributed by atoms with Gasteiger partial charge in [0.15, 0.2) is 14.3 Å². The highest BCUT2D eigenvalue weighted by Crippen LogP contribution is 2.60. The molecule has 2 aliphatic rings. The van der Waals surface area contributed by atoms with Crippen LogP contribution >= 0.6 is 14.3 Å². The lowest BCUT2D eigenvalue weighted by Crippen LogP contribution is -2.28. The molecule has 0 aliphatic carbocycles. The molecule has 6 rings (SSSR count). The summed E-state index contributed by atoms with van der Waals surface area (Å²) in [6.45, 7) is 0. The Morgan fingerprint density at radius 3 is 1.09 bits per heavy atom. The molecule has 0 fully saturated rings. The fourth-order valence-electron chi connectivity index (χ4n) is 5.18.